The van der Waals surface area contributed by atoms with E-state index in [1.165, 1.54) is 0 Å². The Labute approximate surface area is 118 Å². The first-order valence-corrected chi connectivity index (χ1v) is 6.95. The lowest BCUT2D eigenvalue weighted by Gasteiger charge is -2.20. The lowest BCUT2D eigenvalue weighted by molar-refractivity contribution is 0.0782. The van der Waals surface area contributed by atoms with Crippen LogP contribution in [0, 0.1) is 6.92 Å². The molecular weight excluding hydrogens is 252 g/mol. The van der Waals surface area contributed by atoms with Gasteiger partial charge in [0.25, 0.3) is 5.91 Å². The van der Waals surface area contributed by atoms with Gasteiger partial charge < -0.3 is 14.2 Å². The number of carbonyl (C=O) groups is 1. The van der Waals surface area contributed by atoms with E-state index in [2.05, 4.69) is 24.0 Å². The van der Waals surface area contributed by atoms with Crippen molar-refractivity contribution >= 4 is 11.6 Å². The molecule has 0 bridgehead atoms. The van der Waals surface area contributed by atoms with Gasteiger partial charge in [-0.15, -0.1) is 0 Å². The molecule has 5 heteroatoms. The predicted molar refractivity (Wildman–Crippen MR) is 77.9 cm³/mol. The van der Waals surface area contributed by atoms with E-state index in [4.69, 9.17) is 0 Å². The molecule has 3 rings (SSSR count). The van der Waals surface area contributed by atoms with E-state index in [9.17, 15) is 4.79 Å². The minimum Gasteiger partial charge on any atom is -0.337 e. The van der Waals surface area contributed by atoms with Crippen LogP contribution in [0.5, 0.6) is 0 Å². The first-order chi connectivity index (χ1) is 9.54. The smallest absolute Gasteiger partial charge is 0.255 e. The number of likely N-dealkylation sites (tertiary alicyclic amines) is 1. The van der Waals surface area contributed by atoms with E-state index >= 15 is 0 Å². The molecule has 0 saturated carbocycles. The maximum Gasteiger partial charge on any atom is 0.255 e. The van der Waals surface area contributed by atoms with E-state index in [0.717, 1.165) is 36.4 Å². The number of amides is 1. The Morgan fingerprint density at radius 2 is 2.15 bits per heavy atom. The van der Waals surface area contributed by atoms with Crippen LogP contribution in [0.25, 0.3) is 5.65 Å². The average Bonchev–Trinajstić information content (AvgIpc) is 3.02. The van der Waals surface area contributed by atoms with Crippen molar-refractivity contribution in [1.29, 1.82) is 0 Å². The van der Waals surface area contributed by atoms with Crippen LogP contribution >= 0.6 is 0 Å². The standard InChI is InChI=1S/C15H20N4O/c1-11-8-19-9-12(4-5-14(19)16-11)15(20)18-7-6-13(10-18)17(2)3/h4-5,8-9,13H,6-7,10H2,1-3H3/t13-/m0/s1. The number of aryl methyl sites for hydroxylation is 1. The first-order valence-electron chi connectivity index (χ1n) is 6.95. The van der Waals surface area contributed by atoms with E-state index in [1.807, 2.05) is 40.8 Å². The molecule has 1 fully saturated rings. The van der Waals surface area contributed by atoms with Gasteiger partial charge in [-0.05, 0) is 39.6 Å². The summed E-state index contributed by atoms with van der Waals surface area (Å²) in [5.74, 6) is 0.114. The van der Waals surface area contributed by atoms with Gasteiger partial charge in [0.2, 0.25) is 0 Å². The number of rotatable bonds is 2. The summed E-state index contributed by atoms with van der Waals surface area (Å²) in [4.78, 5) is 21.0. The number of fused-ring (bicyclic) bond motifs is 1. The highest BCUT2D eigenvalue weighted by molar-refractivity contribution is 5.94. The molecule has 0 radical (unpaired) electrons. The number of likely N-dealkylation sites (N-methyl/N-ethyl adjacent to an activating group) is 1. The van der Waals surface area contributed by atoms with Gasteiger partial charge in [0.1, 0.15) is 5.65 Å². The fraction of sp³-hybridized carbons (Fsp3) is 0.467. The molecule has 5 nitrogen and oxygen atoms in total. The van der Waals surface area contributed by atoms with Gasteiger partial charge in [-0.1, -0.05) is 0 Å². The molecule has 2 aromatic rings. The molecule has 1 aliphatic rings. The Morgan fingerprint density at radius 3 is 2.85 bits per heavy atom. The SMILES string of the molecule is Cc1cn2cc(C(=O)N3CC[C@H](N(C)C)C3)ccc2n1. The average molecular weight is 272 g/mol. The zero-order valence-corrected chi connectivity index (χ0v) is 12.2. The molecule has 106 valence electrons. The third kappa shape index (κ3) is 2.29. The summed E-state index contributed by atoms with van der Waals surface area (Å²) >= 11 is 0. The summed E-state index contributed by atoms with van der Waals surface area (Å²) in [6.45, 7) is 3.60. The third-order valence-corrected chi connectivity index (χ3v) is 4.00. The highest BCUT2D eigenvalue weighted by Crippen LogP contribution is 2.17. The Hall–Kier alpha value is -1.88. The topological polar surface area (TPSA) is 40.9 Å². The van der Waals surface area contributed by atoms with E-state index < -0.39 is 0 Å². The summed E-state index contributed by atoms with van der Waals surface area (Å²) in [7, 11) is 4.14. The van der Waals surface area contributed by atoms with Crippen LogP contribution in [0.3, 0.4) is 0 Å². The number of hydrogen-bond donors (Lipinski definition) is 0. The Bertz CT molecular complexity index is 646. The second kappa shape index (κ2) is 4.90. The van der Waals surface area contributed by atoms with Crippen molar-refractivity contribution in [1.82, 2.24) is 19.2 Å². The van der Waals surface area contributed by atoms with Crippen LogP contribution in [0.15, 0.2) is 24.5 Å². The van der Waals surface area contributed by atoms with Crippen LogP contribution in [0.1, 0.15) is 22.5 Å². The fourth-order valence-electron chi connectivity index (χ4n) is 2.78. The van der Waals surface area contributed by atoms with Gasteiger partial charge in [0, 0.05) is 31.5 Å². The second-order valence-electron chi connectivity index (χ2n) is 5.72. The third-order valence-electron chi connectivity index (χ3n) is 4.00. The van der Waals surface area contributed by atoms with Crippen molar-refractivity contribution in [2.24, 2.45) is 0 Å². The Morgan fingerprint density at radius 1 is 1.35 bits per heavy atom. The van der Waals surface area contributed by atoms with E-state index in [-0.39, 0.29) is 5.91 Å². The minimum absolute atomic E-state index is 0.114. The molecule has 1 amide bonds. The lowest BCUT2D eigenvalue weighted by Crippen LogP contribution is -2.34. The van der Waals surface area contributed by atoms with Gasteiger partial charge in [-0.3, -0.25) is 4.79 Å². The van der Waals surface area contributed by atoms with Crippen molar-refractivity contribution in [2.75, 3.05) is 27.2 Å². The lowest BCUT2D eigenvalue weighted by atomic mass is 10.2. The van der Waals surface area contributed by atoms with E-state index in [0.29, 0.717) is 6.04 Å². The highest BCUT2D eigenvalue weighted by Gasteiger charge is 2.28. The summed E-state index contributed by atoms with van der Waals surface area (Å²) in [6, 6.07) is 4.24. The molecule has 3 heterocycles. The van der Waals surface area contributed by atoms with Gasteiger partial charge in [0.15, 0.2) is 0 Å². The molecule has 0 N–H and O–H groups in total. The van der Waals surface area contributed by atoms with Crippen LogP contribution in [0.4, 0.5) is 0 Å². The number of imidazole rings is 1. The highest BCUT2D eigenvalue weighted by atomic mass is 16.2. The van der Waals surface area contributed by atoms with Gasteiger partial charge >= 0.3 is 0 Å². The molecule has 0 unspecified atom stereocenters. The molecule has 0 spiro atoms. The zero-order chi connectivity index (χ0) is 14.3. The number of nitrogens with zero attached hydrogens (tertiary/aromatic N) is 4. The summed E-state index contributed by atoms with van der Waals surface area (Å²) < 4.78 is 1.92. The number of pyridine rings is 1. The number of carbonyl (C=O) groups excluding carboxylic acids is 1. The maximum absolute atomic E-state index is 12.5. The molecular formula is C15H20N4O. The van der Waals surface area contributed by atoms with Crippen LogP contribution in [0.2, 0.25) is 0 Å². The zero-order valence-electron chi connectivity index (χ0n) is 12.2. The fourth-order valence-corrected chi connectivity index (χ4v) is 2.78. The number of hydrogen-bond acceptors (Lipinski definition) is 3. The van der Waals surface area contributed by atoms with E-state index in [1.54, 1.807) is 0 Å². The molecule has 20 heavy (non-hydrogen) atoms. The molecule has 1 aliphatic heterocycles. The normalized spacial score (nSPS) is 19.2. The first kappa shape index (κ1) is 13.1. The molecule has 1 atom stereocenters. The minimum atomic E-state index is 0.114. The monoisotopic (exact) mass is 272 g/mol. The predicted octanol–water partition coefficient (Wildman–Crippen LogP) is 1.42. The van der Waals surface area contributed by atoms with Crippen LogP contribution < -0.4 is 0 Å². The van der Waals surface area contributed by atoms with Gasteiger partial charge in [0.05, 0.1) is 11.3 Å². The van der Waals surface area contributed by atoms with Gasteiger partial charge in [-0.2, -0.15) is 0 Å². The summed E-state index contributed by atoms with van der Waals surface area (Å²) in [5.41, 5.74) is 2.57. The van der Waals surface area contributed by atoms with Crippen molar-refractivity contribution in [3.05, 3.63) is 35.8 Å². The van der Waals surface area contributed by atoms with Crippen molar-refractivity contribution < 1.29 is 4.79 Å². The summed E-state index contributed by atoms with van der Waals surface area (Å²) in [6.07, 6.45) is 4.87. The number of aromatic nitrogens is 2. The summed E-state index contributed by atoms with van der Waals surface area (Å²) in [5, 5.41) is 0. The Balaban J connectivity index is 1.82. The van der Waals surface area contributed by atoms with Crippen LogP contribution in [-0.2, 0) is 0 Å². The Kier molecular flexibility index (Phi) is 3.22. The van der Waals surface area contributed by atoms with Crippen molar-refractivity contribution in [2.45, 2.75) is 19.4 Å². The molecule has 1 saturated heterocycles. The maximum atomic E-state index is 12.5. The molecule has 0 aliphatic carbocycles. The quantitative estimate of drug-likeness (QED) is 0.830. The molecule has 2 aromatic heterocycles. The van der Waals surface area contributed by atoms with Crippen molar-refractivity contribution in [3.63, 3.8) is 0 Å². The van der Waals surface area contributed by atoms with Gasteiger partial charge in [-0.25, -0.2) is 4.98 Å². The second-order valence-corrected chi connectivity index (χ2v) is 5.72. The van der Waals surface area contributed by atoms with Crippen molar-refractivity contribution in [3.8, 4) is 0 Å². The largest absolute Gasteiger partial charge is 0.337 e. The van der Waals surface area contributed by atoms with Crippen LogP contribution in [-0.4, -0.2) is 58.3 Å². The molecule has 0 aromatic carbocycles.